The van der Waals surface area contributed by atoms with Gasteiger partial charge in [-0.05, 0) is 30.2 Å². The Bertz CT molecular complexity index is 537. The van der Waals surface area contributed by atoms with Gasteiger partial charge in [0.25, 0.3) is 0 Å². The third-order valence-electron chi connectivity index (χ3n) is 2.74. The molecule has 18 heavy (non-hydrogen) atoms. The molecule has 92 valence electrons. The SMILES string of the molecule is COc1ccc2[nH]cc(CCNC(C)=O)c2c1.[Zn]. The molecule has 0 aliphatic heterocycles. The Morgan fingerprint density at radius 2 is 2.22 bits per heavy atom. The van der Waals surface area contributed by atoms with Crippen LogP contribution in [0.1, 0.15) is 12.5 Å². The first kappa shape index (κ1) is 14.7. The molecular formula is C13H16N2O2Zn. The van der Waals surface area contributed by atoms with E-state index in [1.54, 1.807) is 7.11 Å². The van der Waals surface area contributed by atoms with Crippen LogP contribution in [0, 0.1) is 0 Å². The number of amides is 1. The van der Waals surface area contributed by atoms with E-state index >= 15 is 0 Å². The predicted molar refractivity (Wildman–Crippen MR) is 67.2 cm³/mol. The van der Waals surface area contributed by atoms with Gasteiger partial charge in [0.1, 0.15) is 5.75 Å². The molecule has 1 aromatic carbocycles. The monoisotopic (exact) mass is 296 g/mol. The molecule has 1 heterocycles. The molecule has 0 aliphatic rings. The van der Waals surface area contributed by atoms with Gasteiger partial charge in [-0.3, -0.25) is 4.79 Å². The van der Waals surface area contributed by atoms with Crippen molar-refractivity contribution in [2.45, 2.75) is 13.3 Å². The summed E-state index contributed by atoms with van der Waals surface area (Å²) < 4.78 is 5.21. The van der Waals surface area contributed by atoms with Gasteiger partial charge in [-0.15, -0.1) is 0 Å². The van der Waals surface area contributed by atoms with E-state index in [0.717, 1.165) is 23.1 Å². The van der Waals surface area contributed by atoms with Crippen molar-refractivity contribution < 1.29 is 29.0 Å². The zero-order valence-electron chi connectivity index (χ0n) is 10.7. The molecule has 2 rings (SSSR count). The van der Waals surface area contributed by atoms with E-state index < -0.39 is 0 Å². The molecule has 0 bridgehead atoms. The summed E-state index contributed by atoms with van der Waals surface area (Å²) >= 11 is 0. The molecule has 0 unspecified atom stereocenters. The van der Waals surface area contributed by atoms with Gasteiger partial charge in [0.15, 0.2) is 0 Å². The number of carbonyl (C=O) groups is 1. The van der Waals surface area contributed by atoms with Crippen molar-refractivity contribution in [3.63, 3.8) is 0 Å². The third kappa shape index (κ3) is 3.33. The normalized spacial score (nSPS) is 9.89. The summed E-state index contributed by atoms with van der Waals surface area (Å²) in [6.45, 7) is 2.18. The quantitative estimate of drug-likeness (QED) is 0.846. The number of carbonyl (C=O) groups excluding carboxylic acids is 1. The Morgan fingerprint density at radius 1 is 1.44 bits per heavy atom. The number of nitrogens with one attached hydrogen (secondary N) is 2. The van der Waals surface area contributed by atoms with E-state index in [4.69, 9.17) is 4.74 Å². The Balaban J connectivity index is 0.00000162. The first-order valence-electron chi connectivity index (χ1n) is 5.59. The fourth-order valence-corrected chi connectivity index (χ4v) is 1.86. The van der Waals surface area contributed by atoms with Gasteiger partial charge in [0, 0.05) is 50.0 Å². The summed E-state index contributed by atoms with van der Waals surface area (Å²) in [5, 5.41) is 3.94. The maximum Gasteiger partial charge on any atom is 0.216 e. The first-order chi connectivity index (χ1) is 8.20. The van der Waals surface area contributed by atoms with Crippen LogP contribution in [0.25, 0.3) is 10.9 Å². The maximum absolute atomic E-state index is 10.8. The summed E-state index contributed by atoms with van der Waals surface area (Å²) in [5.41, 5.74) is 2.27. The fraction of sp³-hybridized carbons (Fsp3) is 0.308. The number of fused-ring (bicyclic) bond motifs is 1. The second-order valence-electron chi connectivity index (χ2n) is 3.96. The molecule has 1 amide bonds. The minimum atomic E-state index is 0. The van der Waals surface area contributed by atoms with E-state index in [9.17, 15) is 4.79 Å². The van der Waals surface area contributed by atoms with Crippen LogP contribution in [0.5, 0.6) is 5.75 Å². The molecule has 2 N–H and O–H groups in total. The van der Waals surface area contributed by atoms with E-state index in [2.05, 4.69) is 10.3 Å². The second kappa shape index (κ2) is 6.55. The first-order valence-corrected chi connectivity index (χ1v) is 5.59. The van der Waals surface area contributed by atoms with Crippen molar-refractivity contribution in [2.24, 2.45) is 0 Å². The van der Waals surface area contributed by atoms with Crippen molar-refractivity contribution in [2.75, 3.05) is 13.7 Å². The Kier molecular flexibility index (Phi) is 5.35. The molecule has 1 aromatic heterocycles. The molecule has 0 saturated carbocycles. The number of aromatic nitrogens is 1. The molecule has 4 nitrogen and oxygen atoms in total. The van der Waals surface area contributed by atoms with Crippen LogP contribution in [0.2, 0.25) is 0 Å². The zero-order chi connectivity index (χ0) is 12.3. The van der Waals surface area contributed by atoms with E-state index in [1.807, 2.05) is 24.4 Å². The van der Waals surface area contributed by atoms with Gasteiger partial charge in [0.05, 0.1) is 7.11 Å². The van der Waals surface area contributed by atoms with Crippen LogP contribution in [0.15, 0.2) is 24.4 Å². The molecule has 2 aromatic rings. The second-order valence-corrected chi connectivity index (χ2v) is 3.96. The van der Waals surface area contributed by atoms with Crippen LogP contribution in [0.3, 0.4) is 0 Å². The Hall–Kier alpha value is -1.35. The minimum absolute atomic E-state index is 0. The van der Waals surface area contributed by atoms with Gasteiger partial charge >= 0.3 is 0 Å². The van der Waals surface area contributed by atoms with E-state index in [1.165, 1.54) is 12.5 Å². The smallest absolute Gasteiger partial charge is 0.216 e. The summed E-state index contributed by atoms with van der Waals surface area (Å²) in [6.07, 6.45) is 2.79. The molecule has 0 aliphatic carbocycles. The topological polar surface area (TPSA) is 54.1 Å². The van der Waals surface area contributed by atoms with E-state index in [0.29, 0.717) is 6.54 Å². The molecule has 0 fully saturated rings. The fourth-order valence-electron chi connectivity index (χ4n) is 1.86. The van der Waals surface area contributed by atoms with Crippen LogP contribution in [-0.4, -0.2) is 24.5 Å². The van der Waals surface area contributed by atoms with Crippen molar-refractivity contribution in [3.05, 3.63) is 30.0 Å². The molecule has 0 radical (unpaired) electrons. The molecular weight excluding hydrogens is 282 g/mol. The largest absolute Gasteiger partial charge is 0.497 e. The average Bonchev–Trinajstić information content (AvgIpc) is 2.71. The Morgan fingerprint density at radius 3 is 2.89 bits per heavy atom. The summed E-state index contributed by atoms with van der Waals surface area (Å²) in [6, 6.07) is 5.93. The van der Waals surface area contributed by atoms with Gasteiger partial charge in [-0.1, -0.05) is 0 Å². The van der Waals surface area contributed by atoms with Crippen LogP contribution >= 0.6 is 0 Å². The van der Waals surface area contributed by atoms with Crippen molar-refractivity contribution in [3.8, 4) is 5.75 Å². The predicted octanol–water partition coefficient (Wildman–Crippen LogP) is 1.85. The van der Waals surface area contributed by atoms with Crippen molar-refractivity contribution in [1.29, 1.82) is 0 Å². The number of benzene rings is 1. The maximum atomic E-state index is 10.8. The van der Waals surface area contributed by atoms with Gasteiger partial charge in [-0.25, -0.2) is 0 Å². The van der Waals surface area contributed by atoms with Crippen LogP contribution in [-0.2, 0) is 30.7 Å². The molecule has 5 heteroatoms. The number of H-pyrrole nitrogens is 1. The number of rotatable bonds is 4. The number of hydrogen-bond donors (Lipinski definition) is 2. The van der Waals surface area contributed by atoms with Crippen molar-refractivity contribution >= 4 is 16.8 Å². The summed E-state index contributed by atoms with van der Waals surface area (Å²) in [4.78, 5) is 14.0. The number of hydrogen-bond acceptors (Lipinski definition) is 2. The van der Waals surface area contributed by atoms with Crippen LogP contribution < -0.4 is 10.1 Å². The van der Waals surface area contributed by atoms with E-state index in [-0.39, 0.29) is 25.4 Å². The molecule has 0 saturated heterocycles. The zero-order valence-corrected chi connectivity index (χ0v) is 13.7. The third-order valence-corrected chi connectivity index (χ3v) is 2.74. The number of methoxy groups -OCH3 is 1. The minimum Gasteiger partial charge on any atom is -0.497 e. The average molecular weight is 298 g/mol. The van der Waals surface area contributed by atoms with Crippen LogP contribution in [0.4, 0.5) is 0 Å². The van der Waals surface area contributed by atoms with Gasteiger partial charge < -0.3 is 15.0 Å². The van der Waals surface area contributed by atoms with Gasteiger partial charge in [0.2, 0.25) is 5.91 Å². The number of ether oxygens (including phenoxy) is 1. The Labute approximate surface area is 119 Å². The molecule has 0 spiro atoms. The van der Waals surface area contributed by atoms with Crippen molar-refractivity contribution in [1.82, 2.24) is 10.3 Å². The van der Waals surface area contributed by atoms with Gasteiger partial charge in [-0.2, -0.15) is 0 Å². The standard InChI is InChI=1S/C13H16N2O2.Zn/c1-9(16)14-6-5-10-8-15-13-4-3-11(17-2)7-12(10)13;/h3-4,7-8,15H,5-6H2,1-2H3,(H,14,16);. The molecule has 0 atom stereocenters. The number of aromatic amines is 1. The summed E-state index contributed by atoms with van der Waals surface area (Å²) in [7, 11) is 1.66. The summed E-state index contributed by atoms with van der Waals surface area (Å²) in [5.74, 6) is 0.847.